The van der Waals surface area contributed by atoms with Gasteiger partial charge in [0.05, 0.1) is 0 Å². The van der Waals surface area contributed by atoms with Crippen LogP contribution in [-0.4, -0.2) is 29.7 Å². The zero-order valence-electron chi connectivity index (χ0n) is 7.62. The molecule has 3 heteroatoms. The van der Waals surface area contributed by atoms with Crippen molar-refractivity contribution in [2.24, 2.45) is 0 Å². The number of nitrogens with zero attached hydrogens (tertiary/aromatic N) is 1. The number of H-pyrrole nitrogens is 1. The van der Waals surface area contributed by atoms with Crippen molar-refractivity contribution in [3.8, 4) is 0 Å². The van der Waals surface area contributed by atoms with E-state index in [4.69, 9.17) is 0 Å². The van der Waals surface area contributed by atoms with Crippen molar-refractivity contribution < 1.29 is 0 Å². The van der Waals surface area contributed by atoms with Crippen LogP contribution in [0.3, 0.4) is 0 Å². The average molecular weight is 184 g/mol. The summed E-state index contributed by atoms with van der Waals surface area (Å²) in [7, 11) is 4.20. The van der Waals surface area contributed by atoms with Gasteiger partial charge >= 0.3 is 0 Å². The first-order valence-corrected chi connectivity index (χ1v) is 4.79. The van der Waals surface area contributed by atoms with Crippen LogP contribution in [0.15, 0.2) is 18.5 Å². The third-order valence-electron chi connectivity index (χ3n) is 2.03. The van der Waals surface area contributed by atoms with Crippen molar-refractivity contribution in [3.05, 3.63) is 24.0 Å². The maximum atomic E-state index is 4.25. The van der Waals surface area contributed by atoms with Crippen molar-refractivity contribution in [1.82, 2.24) is 9.88 Å². The summed E-state index contributed by atoms with van der Waals surface area (Å²) < 4.78 is 0. The second-order valence-electron chi connectivity index (χ2n) is 3.14. The van der Waals surface area contributed by atoms with Crippen LogP contribution < -0.4 is 0 Å². The average Bonchev–Trinajstić information content (AvgIpc) is 2.51. The van der Waals surface area contributed by atoms with Crippen molar-refractivity contribution in [3.63, 3.8) is 0 Å². The topological polar surface area (TPSA) is 19.0 Å². The zero-order valence-corrected chi connectivity index (χ0v) is 8.51. The van der Waals surface area contributed by atoms with Gasteiger partial charge in [-0.25, -0.2) is 0 Å². The van der Waals surface area contributed by atoms with Crippen LogP contribution >= 0.6 is 12.6 Å². The molecule has 0 spiro atoms. The summed E-state index contributed by atoms with van der Waals surface area (Å²) in [5.74, 6) is 0.925. The fraction of sp³-hybridized carbons (Fsp3) is 0.556. The number of rotatable bonds is 4. The van der Waals surface area contributed by atoms with Crippen molar-refractivity contribution in [2.45, 2.75) is 12.5 Å². The maximum Gasteiger partial charge on any atom is 0.0364 e. The van der Waals surface area contributed by atoms with Crippen LogP contribution in [-0.2, 0) is 0 Å². The van der Waals surface area contributed by atoms with Gasteiger partial charge in [-0.3, -0.25) is 0 Å². The highest BCUT2D eigenvalue weighted by atomic mass is 32.1. The highest BCUT2D eigenvalue weighted by Gasteiger charge is 2.12. The number of hydrogen-bond acceptors (Lipinski definition) is 2. The van der Waals surface area contributed by atoms with Crippen LogP contribution in [0.25, 0.3) is 0 Å². The summed E-state index contributed by atoms with van der Waals surface area (Å²) in [5.41, 5.74) is 1.34. The molecule has 1 unspecified atom stereocenters. The fourth-order valence-corrected chi connectivity index (χ4v) is 1.63. The van der Waals surface area contributed by atoms with Crippen LogP contribution in [0.2, 0.25) is 0 Å². The Bertz CT molecular complexity index is 206. The van der Waals surface area contributed by atoms with Gasteiger partial charge in [-0.1, -0.05) is 0 Å². The minimum absolute atomic E-state index is 0.494. The van der Waals surface area contributed by atoms with E-state index >= 15 is 0 Å². The van der Waals surface area contributed by atoms with Crippen molar-refractivity contribution in [2.75, 3.05) is 19.8 Å². The molecule has 0 amide bonds. The second kappa shape index (κ2) is 4.58. The fourth-order valence-electron chi connectivity index (χ4n) is 1.39. The molecule has 12 heavy (non-hydrogen) atoms. The summed E-state index contributed by atoms with van der Waals surface area (Å²) in [5, 5.41) is 0. The lowest BCUT2D eigenvalue weighted by Crippen LogP contribution is -2.19. The van der Waals surface area contributed by atoms with Gasteiger partial charge < -0.3 is 9.88 Å². The van der Waals surface area contributed by atoms with E-state index in [9.17, 15) is 0 Å². The van der Waals surface area contributed by atoms with Crippen molar-refractivity contribution in [1.29, 1.82) is 0 Å². The Morgan fingerprint density at radius 3 is 2.75 bits per heavy atom. The molecule has 1 N–H and O–H groups in total. The molecule has 1 aromatic rings. The quantitative estimate of drug-likeness (QED) is 0.685. The lowest BCUT2D eigenvalue weighted by molar-refractivity contribution is 0.294. The van der Waals surface area contributed by atoms with E-state index in [1.807, 2.05) is 12.4 Å². The van der Waals surface area contributed by atoms with Crippen molar-refractivity contribution >= 4 is 12.6 Å². The van der Waals surface area contributed by atoms with Gasteiger partial charge in [0, 0.05) is 18.4 Å². The highest BCUT2D eigenvalue weighted by Crippen LogP contribution is 2.21. The third kappa shape index (κ3) is 2.29. The summed E-state index contributed by atoms with van der Waals surface area (Å²) in [6, 6.07) is 2.61. The monoisotopic (exact) mass is 184 g/mol. The van der Waals surface area contributed by atoms with Gasteiger partial charge in [-0.15, -0.1) is 0 Å². The molecule has 0 fully saturated rings. The Labute approximate surface area is 79.4 Å². The molecule has 0 bridgehead atoms. The SMILES string of the molecule is CN(C)C(CCS)c1cc[nH]c1. The number of hydrogen-bond donors (Lipinski definition) is 2. The molecule has 0 aliphatic rings. The van der Waals surface area contributed by atoms with Gasteiger partial charge in [-0.2, -0.15) is 12.6 Å². The summed E-state index contributed by atoms with van der Waals surface area (Å²) in [6.07, 6.45) is 5.10. The molecule has 0 radical (unpaired) electrons. The Morgan fingerprint density at radius 1 is 1.58 bits per heavy atom. The second-order valence-corrected chi connectivity index (χ2v) is 3.58. The Balaban J connectivity index is 2.66. The molecular formula is C9H16N2S. The van der Waals surface area contributed by atoms with Gasteiger partial charge in [0.15, 0.2) is 0 Å². The first kappa shape index (κ1) is 9.68. The smallest absolute Gasteiger partial charge is 0.0364 e. The summed E-state index contributed by atoms with van der Waals surface area (Å²) in [6.45, 7) is 0. The molecule has 0 aromatic carbocycles. The van der Waals surface area contributed by atoms with E-state index in [1.165, 1.54) is 5.56 Å². The molecule has 0 aliphatic heterocycles. The minimum Gasteiger partial charge on any atom is -0.367 e. The van der Waals surface area contributed by atoms with E-state index < -0.39 is 0 Å². The Morgan fingerprint density at radius 2 is 2.33 bits per heavy atom. The first-order valence-electron chi connectivity index (χ1n) is 4.15. The molecule has 0 saturated heterocycles. The zero-order chi connectivity index (χ0) is 8.97. The highest BCUT2D eigenvalue weighted by molar-refractivity contribution is 7.80. The third-order valence-corrected chi connectivity index (χ3v) is 2.29. The predicted octanol–water partition coefficient (Wildman–Crippen LogP) is 1.94. The molecule has 1 rings (SSSR count). The Hall–Kier alpha value is -0.410. The van der Waals surface area contributed by atoms with Gasteiger partial charge in [0.25, 0.3) is 0 Å². The molecule has 1 aromatic heterocycles. The molecule has 2 nitrogen and oxygen atoms in total. The number of nitrogens with one attached hydrogen (secondary N) is 1. The van der Waals surface area contributed by atoms with E-state index in [0.29, 0.717) is 6.04 Å². The van der Waals surface area contributed by atoms with E-state index in [0.717, 1.165) is 12.2 Å². The standard InChI is InChI=1S/C9H16N2S/c1-11(2)9(4-6-12)8-3-5-10-7-8/h3,5,7,9-10,12H,4,6H2,1-2H3. The normalized spacial score (nSPS) is 13.7. The lowest BCUT2D eigenvalue weighted by Gasteiger charge is -2.22. The van der Waals surface area contributed by atoms with Crippen LogP contribution in [0.5, 0.6) is 0 Å². The Kier molecular flexibility index (Phi) is 3.69. The van der Waals surface area contributed by atoms with Crippen LogP contribution in [0.1, 0.15) is 18.0 Å². The van der Waals surface area contributed by atoms with Gasteiger partial charge in [0.2, 0.25) is 0 Å². The number of aromatic nitrogens is 1. The molecule has 1 atom stereocenters. The number of aromatic amines is 1. The van der Waals surface area contributed by atoms with Gasteiger partial charge in [-0.05, 0) is 37.9 Å². The van der Waals surface area contributed by atoms with Crippen LogP contribution in [0.4, 0.5) is 0 Å². The van der Waals surface area contributed by atoms with Gasteiger partial charge in [0.1, 0.15) is 0 Å². The molecule has 68 valence electrons. The minimum atomic E-state index is 0.494. The summed E-state index contributed by atoms with van der Waals surface area (Å²) in [4.78, 5) is 5.29. The number of thiol groups is 1. The molecule has 1 heterocycles. The van der Waals surface area contributed by atoms with E-state index in [2.05, 4.69) is 42.7 Å². The summed E-state index contributed by atoms with van der Waals surface area (Å²) >= 11 is 4.25. The maximum absolute atomic E-state index is 4.25. The largest absolute Gasteiger partial charge is 0.367 e. The predicted molar refractivity (Wildman–Crippen MR) is 55.7 cm³/mol. The first-order chi connectivity index (χ1) is 5.75. The van der Waals surface area contributed by atoms with Crippen LogP contribution in [0, 0.1) is 0 Å². The van der Waals surface area contributed by atoms with E-state index in [1.54, 1.807) is 0 Å². The molecular weight excluding hydrogens is 168 g/mol. The molecule has 0 aliphatic carbocycles. The van der Waals surface area contributed by atoms with E-state index in [-0.39, 0.29) is 0 Å². The lowest BCUT2D eigenvalue weighted by atomic mass is 10.1. The molecule has 0 saturated carbocycles.